The summed E-state index contributed by atoms with van der Waals surface area (Å²) in [4.78, 5) is 21.0. The highest BCUT2D eigenvalue weighted by molar-refractivity contribution is 6.32. The quantitative estimate of drug-likeness (QED) is 0.315. The maximum Gasteiger partial charge on any atom is 0.355 e. The zero-order valence-corrected chi connectivity index (χ0v) is 19.7. The third-order valence-electron chi connectivity index (χ3n) is 5.84. The number of nitrogens with one attached hydrogen (secondary N) is 1. The number of unbranched alkanes of at least 4 members (excludes halogenated alkanes) is 1. The van der Waals surface area contributed by atoms with E-state index in [-0.39, 0.29) is 10.8 Å². The molecule has 2 N–H and O–H groups in total. The number of pyridine rings is 1. The first-order valence-electron chi connectivity index (χ1n) is 11.3. The number of H-pyrrole nitrogens is 1. The summed E-state index contributed by atoms with van der Waals surface area (Å²) in [6, 6.07) is 17.6. The van der Waals surface area contributed by atoms with Crippen molar-refractivity contribution in [2.45, 2.75) is 32.7 Å². The normalized spacial score (nSPS) is 11.3. The first-order chi connectivity index (χ1) is 17.0. The fourth-order valence-electron chi connectivity index (χ4n) is 4.15. The van der Waals surface area contributed by atoms with Crippen LogP contribution in [0.1, 0.15) is 41.6 Å². The number of aromatic amines is 1. The second-order valence-electron chi connectivity index (χ2n) is 8.17. The number of aromatic nitrogens is 7. The summed E-state index contributed by atoms with van der Waals surface area (Å²) in [5.74, 6) is 0.100. The van der Waals surface area contributed by atoms with Crippen LogP contribution < -0.4 is 0 Å². The monoisotopic (exact) mass is 487 g/mol. The number of benzene rings is 2. The third-order valence-corrected chi connectivity index (χ3v) is 6.11. The van der Waals surface area contributed by atoms with Crippen LogP contribution in [-0.4, -0.2) is 46.2 Å². The van der Waals surface area contributed by atoms with Gasteiger partial charge < -0.3 is 9.67 Å². The van der Waals surface area contributed by atoms with Crippen molar-refractivity contribution in [2.75, 3.05) is 0 Å². The molecule has 5 aromatic rings. The Kier molecular flexibility index (Phi) is 6.24. The predicted octanol–water partition coefficient (Wildman–Crippen LogP) is 5.02. The average Bonchev–Trinajstić information content (AvgIpc) is 3.50. The van der Waals surface area contributed by atoms with Gasteiger partial charge in [0, 0.05) is 29.5 Å². The molecule has 0 radical (unpaired) electrons. The summed E-state index contributed by atoms with van der Waals surface area (Å²) < 4.78 is 1.70. The van der Waals surface area contributed by atoms with Gasteiger partial charge in [-0.05, 0) is 35.4 Å². The zero-order valence-electron chi connectivity index (χ0n) is 18.9. The molecule has 5 rings (SSSR count). The van der Waals surface area contributed by atoms with E-state index < -0.39 is 5.97 Å². The van der Waals surface area contributed by atoms with Crippen LogP contribution >= 0.6 is 11.6 Å². The van der Waals surface area contributed by atoms with Crippen LogP contribution in [0.15, 0.2) is 54.6 Å². The van der Waals surface area contributed by atoms with Crippen molar-refractivity contribution in [2.24, 2.45) is 0 Å². The number of imidazole rings is 1. The first-order valence-corrected chi connectivity index (χ1v) is 11.6. The standard InChI is InChI=1S/C25H22ClN7O2/c1-2-3-8-21-28-23(26)22(25(34)35)33(21)14-15-9-11-19-16(13-15)10-12-20(27-19)17-6-4-5-7-18(17)24-29-31-32-30-24/h4-7,9-13H,2-3,8,14H2,1H3,(H,34,35)(H,29,30,31,32). The van der Waals surface area contributed by atoms with E-state index in [0.29, 0.717) is 24.6 Å². The molecule has 9 nitrogen and oxygen atoms in total. The zero-order chi connectivity index (χ0) is 24.4. The number of carboxylic acids is 1. The Balaban J connectivity index is 1.50. The molecular formula is C25H22ClN7O2. The SMILES string of the molecule is CCCCc1nc(Cl)c(C(=O)O)n1Cc1ccc2nc(-c3ccccc3-c3nn[nH]n3)ccc2c1. The second kappa shape index (κ2) is 9.63. The lowest BCUT2D eigenvalue weighted by atomic mass is 10.0. The number of hydrogen-bond donors (Lipinski definition) is 2. The number of aryl methyl sites for hydroxylation is 1. The van der Waals surface area contributed by atoms with Gasteiger partial charge in [0.05, 0.1) is 11.2 Å². The first kappa shape index (κ1) is 22.7. The van der Waals surface area contributed by atoms with E-state index in [1.165, 1.54) is 0 Å². The molecule has 0 saturated heterocycles. The Labute approximate surface area is 205 Å². The van der Waals surface area contributed by atoms with Crippen LogP contribution in [0.4, 0.5) is 0 Å². The molecule has 0 fully saturated rings. The number of aromatic carboxylic acids is 1. The van der Waals surface area contributed by atoms with E-state index >= 15 is 0 Å². The van der Waals surface area contributed by atoms with E-state index in [1.807, 2.05) is 54.6 Å². The van der Waals surface area contributed by atoms with Crippen LogP contribution in [0.25, 0.3) is 33.5 Å². The van der Waals surface area contributed by atoms with E-state index in [2.05, 4.69) is 32.5 Å². The minimum Gasteiger partial charge on any atom is -0.476 e. The summed E-state index contributed by atoms with van der Waals surface area (Å²) in [6.07, 6.45) is 2.55. The number of nitrogens with zero attached hydrogens (tertiary/aromatic N) is 6. The number of fused-ring (bicyclic) bond motifs is 1. The lowest BCUT2D eigenvalue weighted by molar-refractivity contribution is 0.0685. The second-order valence-corrected chi connectivity index (χ2v) is 8.52. The summed E-state index contributed by atoms with van der Waals surface area (Å²) in [5.41, 5.74) is 4.31. The molecule has 0 saturated carbocycles. The van der Waals surface area contributed by atoms with Gasteiger partial charge in [0.2, 0.25) is 5.82 Å². The van der Waals surface area contributed by atoms with Gasteiger partial charge in [-0.2, -0.15) is 5.21 Å². The molecule has 0 aliphatic carbocycles. The van der Waals surface area contributed by atoms with Crippen molar-refractivity contribution >= 4 is 28.5 Å². The summed E-state index contributed by atoms with van der Waals surface area (Å²) in [6.45, 7) is 2.44. The van der Waals surface area contributed by atoms with Crippen molar-refractivity contribution in [1.82, 2.24) is 35.2 Å². The maximum absolute atomic E-state index is 11.8. The van der Waals surface area contributed by atoms with Gasteiger partial charge in [-0.15, -0.1) is 10.2 Å². The molecule has 176 valence electrons. The third kappa shape index (κ3) is 4.50. The van der Waals surface area contributed by atoms with Crippen molar-refractivity contribution < 1.29 is 9.90 Å². The molecule has 0 aliphatic rings. The molecule has 10 heteroatoms. The Morgan fingerprint density at radius 2 is 1.91 bits per heavy atom. The number of carboxylic acid groups (broad SMARTS) is 1. The van der Waals surface area contributed by atoms with Crippen molar-refractivity contribution in [3.63, 3.8) is 0 Å². The molecule has 35 heavy (non-hydrogen) atoms. The Hall–Kier alpha value is -4.11. The fourth-order valence-corrected chi connectivity index (χ4v) is 4.43. The number of tetrazole rings is 1. The molecule has 3 aromatic heterocycles. The van der Waals surface area contributed by atoms with Gasteiger partial charge in [-0.3, -0.25) is 0 Å². The number of halogens is 1. The van der Waals surface area contributed by atoms with Gasteiger partial charge in [0.15, 0.2) is 10.8 Å². The van der Waals surface area contributed by atoms with Crippen LogP contribution in [-0.2, 0) is 13.0 Å². The molecule has 2 aromatic carbocycles. The molecular weight excluding hydrogens is 466 g/mol. The van der Waals surface area contributed by atoms with Gasteiger partial charge in [0.25, 0.3) is 0 Å². The average molecular weight is 488 g/mol. The largest absolute Gasteiger partial charge is 0.476 e. The van der Waals surface area contributed by atoms with Gasteiger partial charge >= 0.3 is 5.97 Å². The van der Waals surface area contributed by atoms with Crippen LogP contribution in [0.3, 0.4) is 0 Å². The van der Waals surface area contributed by atoms with E-state index in [9.17, 15) is 9.90 Å². The van der Waals surface area contributed by atoms with Crippen LogP contribution in [0, 0.1) is 0 Å². The van der Waals surface area contributed by atoms with Gasteiger partial charge in [-0.25, -0.2) is 14.8 Å². The molecule has 3 heterocycles. The molecule has 0 bridgehead atoms. The molecule has 0 aliphatic heterocycles. The molecule has 0 unspecified atom stereocenters. The van der Waals surface area contributed by atoms with Crippen molar-refractivity contribution in [1.29, 1.82) is 0 Å². The minimum atomic E-state index is -1.09. The van der Waals surface area contributed by atoms with E-state index in [1.54, 1.807) is 4.57 Å². The molecule has 0 amide bonds. The number of hydrogen-bond acceptors (Lipinski definition) is 6. The number of carbonyl (C=O) groups is 1. The summed E-state index contributed by atoms with van der Waals surface area (Å²) in [7, 11) is 0. The topological polar surface area (TPSA) is 122 Å². The number of rotatable bonds is 8. The maximum atomic E-state index is 11.8. The highest BCUT2D eigenvalue weighted by Gasteiger charge is 2.21. The van der Waals surface area contributed by atoms with Crippen LogP contribution in [0.5, 0.6) is 0 Å². The Morgan fingerprint density at radius 3 is 2.66 bits per heavy atom. The highest BCUT2D eigenvalue weighted by Crippen LogP contribution is 2.30. The molecule has 0 spiro atoms. The Bertz CT molecular complexity index is 1510. The minimum absolute atomic E-state index is 0.0180. The van der Waals surface area contributed by atoms with Gasteiger partial charge in [0.1, 0.15) is 5.82 Å². The lowest BCUT2D eigenvalue weighted by Crippen LogP contribution is -2.13. The fraction of sp³-hybridized carbons (Fsp3) is 0.200. The predicted molar refractivity (Wildman–Crippen MR) is 132 cm³/mol. The summed E-state index contributed by atoms with van der Waals surface area (Å²) >= 11 is 6.17. The smallest absolute Gasteiger partial charge is 0.355 e. The van der Waals surface area contributed by atoms with Crippen molar-refractivity contribution in [3.05, 3.63) is 76.8 Å². The van der Waals surface area contributed by atoms with Crippen LogP contribution in [0.2, 0.25) is 5.15 Å². The van der Waals surface area contributed by atoms with E-state index in [4.69, 9.17) is 16.6 Å². The summed E-state index contributed by atoms with van der Waals surface area (Å²) in [5, 5.41) is 25.0. The van der Waals surface area contributed by atoms with Crippen molar-refractivity contribution in [3.8, 4) is 22.6 Å². The van der Waals surface area contributed by atoms with E-state index in [0.717, 1.165) is 46.1 Å². The lowest BCUT2D eigenvalue weighted by Gasteiger charge is -2.12. The van der Waals surface area contributed by atoms with Gasteiger partial charge in [-0.1, -0.05) is 61.3 Å². The molecule has 0 atom stereocenters. The Morgan fingerprint density at radius 1 is 1.09 bits per heavy atom. The highest BCUT2D eigenvalue weighted by atomic mass is 35.5.